The number of amides is 1. The highest BCUT2D eigenvalue weighted by atomic mass is 79.9. The van der Waals surface area contributed by atoms with Crippen molar-refractivity contribution in [3.8, 4) is 0 Å². The van der Waals surface area contributed by atoms with Gasteiger partial charge in [0.05, 0.1) is 6.61 Å². The Hall–Kier alpha value is -0.870. The molecule has 1 aliphatic heterocycles. The molecular formula is C14H18BrNO2. The number of halogens is 1. The highest BCUT2D eigenvalue weighted by molar-refractivity contribution is 9.10. The summed E-state index contributed by atoms with van der Waals surface area (Å²) in [6.07, 6.45) is 2.21. The van der Waals surface area contributed by atoms with E-state index in [0.717, 1.165) is 42.6 Å². The summed E-state index contributed by atoms with van der Waals surface area (Å²) in [6.45, 7) is 2.40. The van der Waals surface area contributed by atoms with Gasteiger partial charge < -0.3 is 9.64 Å². The quantitative estimate of drug-likeness (QED) is 0.859. The maximum Gasteiger partial charge on any atom is 0.253 e. The number of piperidine rings is 1. The second-order valence-corrected chi connectivity index (χ2v) is 5.64. The van der Waals surface area contributed by atoms with Crippen LogP contribution in [0.25, 0.3) is 0 Å². The van der Waals surface area contributed by atoms with E-state index in [2.05, 4.69) is 15.9 Å². The lowest BCUT2D eigenvalue weighted by Crippen LogP contribution is -2.41. The lowest BCUT2D eigenvalue weighted by Gasteiger charge is -2.32. The maximum atomic E-state index is 12.4. The van der Waals surface area contributed by atoms with E-state index in [1.807, 2.05) is 29.2 Å². The molecule has 0 radical (unpaired) electrons. The zero-order valence-corrected chi connectivity index (χ0v) is 12.1. The Bertz CT molecular complexity index is 420. The van der Waals surface area contributed by atoms with E-state index >= 15 is 0 Å². The van der Waals surface area contributed by atoms with Gasteiger partial charge in [-0.25, -0.2) is 0 Å². The molecule has 1 saturated heterocycles. The molecule has 0 aliphatic carbocycles. The Balaban J connectivity index is 2.04. The third-order valence-corrected chi connectivity index (χ3v) is 3.77. The van der Waals surface area contributed by atoms with Gasteiger partial charge in [0.25, 0.3) is 5.91 Å². The molecular weight excluding hydrogens is 294 g/mol. The van der Waals surface area contributed by atoms with Crippen molar-refractivity contribution in [1.29, 1.82) is 0 Å². The fraction of sp³-hybridized carbons (Fsp3) is 0.500. The van der Waals surface area contributed by atoms with Crippen molar-refractivity contribution in [3.63, 3.8) is 0 Å². The number of hydrogen-bond donors (Lipinski definition) is 0. The third kappa shape index (κ3) is 3.33. The fourth-order valence-corrected chi connectivity index (χ4v) is 2.82. The van der Waals surface area contributed by atoms with Crippen LogP contribution in [0.1, 0.15) is 23.2 Å². The smallest absolute Gasteiger partial charge is 0.253 e. The van der Waals surface area contributed by atoms with Crippen LogP contribution in [0.5, 0.6) is 0 Å². The molecule has 1 aliphatic rings. The predicted octanol–water partition coefficient (Wildman–Crippen LogP) is 2.95. The fourth-order valence-electron chi connectivity index (χ4n) is 2.43. The minimum atomic E-state index is 0.122. The van der Waals surface area contributed by atoms with Crippen molar-refractivity contribution in [1.82, 2.24) is 4.90 Å². The van der Waals surface area contributed by atoms with E-state index in [1.165, 1.54) is 0 Å². The van der Waals surface area contributed by atoms with Gasteiger partial charge in [0.2, 0.25) is 0 Å². The normalized spacial score (nSPS) is 19.9. The zero-order chi connectivity index (χ0) is 13.0. The molecule has 0 aromatic heterocycles. The molecule has 1 amide bonds. The van der Waals surface area contributed by atoms with E-state index in [4.69, 9.17) is 4.74 Å². The first-order valence-electron chi connectivity index (χ1n) is 6.24. The average molecular weight is 312 g/mol. The molecule has 1 heterocycles. The van der Waals surface area contributed by atoms with Crippen LogP contribution < -0.4 is 0 Å². The van der Waals surface area contributed by atoms with Crippen LogP contribution in [0, 0.1) is 5.92 Å². The summed E-state index contributed by atoms with van der Waals surface area (Å²) in [5.41, 5.74) is 0.752. The molecule has 1 unspecified atom stereocenters. The molecule has 1 aromatic rings. The van der Waals surface area contributed by atoms with Crippen LogP contribution in [-0.2, 0) is 4.74 Å². The average Bonchev–Trinajstić information content (AvgIpc) is 2.39. The number of nitrogens with zero attached hydrogens (tertiary/aromatic N) is 1. The lowest BCUT2D eigenvalue weighted by atomic mass is 9.98. The number of ether oxygens (including phenoxy) is 1. The summed E-state index contributed by atoms with van der Waals surface area (Å²) in [4.78, 5) is 14.3. The van der Waals surface area contributed by atoms with Gasteiger partial charge in [-0.3, -0.25) is 4.79 Å². The maximum absolute atomic E-state index is 12.4. The van der Waals surface area contributed by atoms with E-state index in [0.29, 0.717) is 5.92 Å². The lowest BCUT2D eigenvalue weighted by molar-refractivity contribution is 0.0571. The number of carbonyl (C=O) groups is 1. The second-order valence-electron chi connectivity index (χ2n) is 4.73. The molecule has 98 valence electrons. The van der Waals surface area contributed by atoms with Crippen molar-refractivity contribution in [2.45, 2.75) is 12.8 Å². The van der Waals surface area contributed by atoms with Crippen LogP contribution >= 0.6 is 15.9 Å². The number of rotatable bonds is 3. The molecule has 3 nitrogen and oxygen atoms in total. The van der Waals surface area contributed by atoms with Gasteiger partial charge in [0.15, 0.2) is 0 Å². The SMILES string of the molecule is COCC1CCCN(C(=O)c2cccc(Br)c2)C1. The van der Waals surface area contributed by atoms with Crippen molar-refractivity contribution < 1.29 is 9.53 Å². The van der Waals surface area contributed by atoms with Crippen LogP contribution in [0.15, 0.2) is 28.7 Å². The predicted molar refractivity (Wildman–Crippen MR) is 74.6 cm³/mol. The van der Waals surface area contributed by atoms with Gasteiger partial charge in [-0.2, -0.15) is 0 Å². The first-order chi connectivity index (χ1) is 8.70. The largest absolute Gasteiger partial charge is 0.384 e. The number of benzene rings is 1. The molecule has 0 N–H and O–H groups in total. The highest BCUT2D eigenvalue weighted by Crippen LogP contribution is 2.20. The number of likely N-dealkylation sites (tertiary alicyclic amines) is 1. The number of methoxy groups -OCH3 is 1. The Kier molecular flexibility index (Phi) is 4.78. The van der Waals surface area contributed by atoms with Crippen molar-refractivity contribution in [3.05, 3.63) is 34.3 Å². The van der Waals surface area contributed by atoms with Crippen molar-refractivity contribution in [2.75, 3.05) is 26.8 Å². The van der Waals surface area contributed by atoms with Crippen LogP contribution in [-0.4, -0.2) is 37.6 Å². The van der Waals surface area contributed by atoms with Crippen LogP contribution in [0.3, 0.4) is 0 Å². The summed E-state index contributed by atoms with van der Waals surface area (Å²) in [6, 6.07) is 7.57. The third-order valence-electron chi connectivity index (χ3n) is 3.28. The van der Waals surface area contributed by atoms with Crippen molar-refractivity contribution in [2.24, 2.45) is 5.92 Å². The van der Waals surface area contributed by atoms with Gasteiger partial charge in [-0.1, -0.05) is 22.0 Å². The second kappa shape index (κ2) is 6.34. The molecule has 1 atom stereocenters. The Morgan fingerprint density at radius 1 is 1.56 bits per heavy atom. The minimum absolute atomic E-state index is 0.122. The number of carbonyl (C=O) groups excluding carboxylic acids is 1. The Morgan fingerprint density at radius 2 is 2.39 bits per heavy atom. The minimum Gasteiger partial charge on any atom is -0.384 e. The topological polar surface area (TPSA) is 29.5 Å². The summed E-state index contributed by atoms with van der Waals surface area (Å²) in [5.74, 6) is 0.594. The van der Waals surface area contributed by atoms with Gasteiger partial charge in [0.1, 0.15) is 0 Å². The molecule has 2 rings (SSSR count). The van der Waals surface area contributed by atoms with Crippen LogP contribution in [0.2, 0.25) is 0 Å². The molecule has 1 fully saturated rings. The van der Waals surface area contributed by atoms with Gasteiger partial charge in [-0.05, 0) is 37.0 Å². The molecule has 0 spiro atoms. The molecule has 1 aromatic carbocycles. The summed E-state index contributed by atoms with van der Waals surface area (Å²) >= 11 is 3.40. The zero-order valence-electron chi connectivity index (χ0n) is 10.6. The van der Waals surface area contributed by atoms with E-state index in [-0.39, 0.29) is 5.91 Å². The Labute approximate surface area is 116 Å². The summed E-state index contributed by atoms with van der Waals surface area (Å²) < 4.78 is 6.13. The molecule has 0 bridgehead atoms. The van der Waals surface area contributed by atoms with Crippen LogP contribution in [0.4, 0.5) is 0 Å². The molecule has 4 heteroatoms. The summed E-state index contributed by atoms with van der Waals surface area (Å²) in [7, 11) is 1.72. The molecule has 18 heavy (non-hydrogen) atoms. The van der Waals surface area contributed by atoms with Gasteiger partial charge in [0, 0.05) is 30.2 Å². The monoisotopic (exact) mass is 311 g/mol. The molecule has 0 saturated carbocycles. The van der Waals surface area contributed by atoms with E-state index in [9.17, 15) is 4.79 Å². The van der Waals surface area contributed by atoms with Gasteiger partial charge in [-0.15, -0.1) is 0 Å². The van der Waals surface area contributed by atoms with Crippen molar-refractivity contribution >= 4 is 21.8 Å². The Morgan fingerprint density at radius 3 is 3.11 bits per heavy atom. The summed E-state index contributed by atoms with van der Waals surface area (Å²) in [5, 5.41) is 0. The first-order valence-corrected chi connectivity index (χ1v) is 7.04. The van der Waals surface area contributed by atoms with E-state index in [1.54, 1.807) is 7.11 Å². The highest BCUT2D eigenvalue weighted by Gasteiger charge is 2.24. The standard InChI is InChI=1S/C14H18BrNO2/c1-18-10-11-4-3-7-16(9-11)14(17)12-5-2-6-13(15)8-12/h2,5-6,8,11H,3-4,7,9-10H2,1H3. The first kappa shape index (κ1) is 13.6. The van der Waals surface area contributed by atoms with E-state index < -0.39 is 0 Å². The number of hydrogen-bond acceptors (Lipinski definition) is 2. The van der Waals surface area contributed by atoms with Gasteiger partial charge >= 0.3 is 0 Å².